The van der Waals surface area contributed by atoms with Crippen LogP contribution in [0.15, 0.2) is 66.7 Å². The summed E-state index contributed by atoms with van der Waals surface area (Å²) in [6.07, 6.45) is 1.11. The van der Waals surface area contributed by atoms with Crippen molar-refractivity contribution in [1.82, 2.24) is 10.2 Å². The number of fused-ring (bicyclic) bond motifs is 1. The average molecular weight is 541 g/mol. The maximum atomic E-state index is 13.8. The molecule has 37 heavy (non-hydrogen) atoms. The first kappa shape index (κ1) is 26.8. The van der Waals surface area contributed by atoms with Crippen LogP contribution in [0.3, 0.4) is 0 Å². The quantitative estimate of drug-likeness (QED) is 0.351. The minimum atomic E-state index is -0.705. The predicted octanol–water partition coefficient (Wildman–Crippen LogP) is 5.82. The van der Waals surface area contributed by atoms with Crippen LogP contribution in [0.2, 0.25) is 10.0 Å². The fourth-order valence-corrected chi connectivity index (χ4v) is 4.58. The molecule has 194 valence electrons. The number of carbonyl (C=O) groups is 2. The van der Waals surface area contributed by atoms with Gasteiger partial charge in [-0.25, -0.2) is 0 Å². The van der Waals surface area contributed by atoms with E-state index in [2.05, 4.69) is 5.32 Å². The van der Waals surface area contributed by atoms with Crippen LogP contribution in [0.5, 0.6) is 11.5 Å². The topological polar surface area (TPSA) is 67.9 Å². The number of aryl methyl sites for hydroxylation is 1. The third-order valence-corrected chi connectivity index (χ3v) is 6.84. The molecule has 0 aromatic heterocycles. The number of ether oxygens (including phenoxy) is 2. The van der Waals surface area contributed by atoms with Crippen molar-refractivity contribution in [3.05, 3.63) is 93.5 Å². The molecule has 1 aliphatic rings. The number of benzene rings is 3. The Morgan fingerprint density at radius 1 is 0.892 bits per heavy atom. The van der Waals surface area contributed by atoms with Gasteiger partial charge in [-0.05, 0) is 61.2 Å². The smallest absolute Gasteiger partial charge is 0.243 e. The Bertz CT molecular complexity index is 1250. The number of halogens is 2. The van der Waals surface area contributed by atoms with E-state index in [-0.39, 0.29) is 37.6 Å². The summed E-state index contributed by atoms with van der Waals surface area (Å²) >= 11 is 12.4. The summed E-state index contributed by atoms with van der Waals surface area (Å²) in [4.78, 5) is 28.8. The van der Waals surface area contributed by atoms with Gasteiger partial charge in [0.1, 0.15) is 6.04 Å². The zero-order valence-corrected chi connectivity index (χ0v) is 22.4. The van der Waals surface area contributed by atoms with Gasteiger partial charge < -0.3 is 19.7 Å². The molecule has 4 rings (SSSR count). The van der Waals surface area contributed by atoms with E-state index in [1.165, 1.54) is 0 Å². The van der Waals surface area contributed by atoms with E-state index in [4.69, 9.17) is 32.7 Å². The van der Waals surface area contributed by atoms with Crippen LogP contribution in [-0.2, 0) is 29.0 Å². The molecule has 0 saturated carbocycles. The molecule has 0 saturated heterocycles. The fourth-order valence-electron chi connectivity index (χ4n) is 4.26. The third-order valence-electron chi connectivity index (χ3n) is 6.10. The van der Waals surface area contributed by atoms with Crippen LogP contribution in [0.4, 0.5) is 0 Å². The van der Waals surface area contributed by atoms with Gasteiger partial charge in [0.25, 0.3) is 0 Å². The van der Waals surface area contributed by atoms with Crippen molar-refractivity contribution in [2.75, 3.05) is 6.79 Å². The van der Waals surface area contributed by atoms with Gasteiger partial charge in [0, 0.05) is 25.4 Å². The number of nitrogens with one attached hydrogen (secondary N) is 1. The van der Waals surface area contributed by atoms with Crippen LogP contribution in [0.25, 0.3) is 0 Å². The molecule has 1 unspecified atom stereocenters. The lowest BCUT2D eigenvalue weighted by Crippen LogP contribution is -2.51. The molecule has 1 N–H and O–H groups in total. The number of rotatable bonds is 10. The Kier molecular flexibility index (Phi) is 8.95. The zero-order valence-electron chi connectivity index (χ0n) is 20.9. The third kappa shape index (κ3) is 7.18. The van der Waals surface area contributed by atoms with Crippen LogP contribution < -0.4 is 14.8 Å². The predicted molar refractivity (Wildman–Crippen MR) is 145 cm³/mol. The molecule has 1 heterocycles. The molecule has 0 fully saturated rings. The molecule has 1 atom stereocenters. The van der Waals surface area contributed by atoms with Crippen molar-refractivity contribution in [1.29, 1.82) is 0 Å². The van der Waals surface area contributed by atoms with Crippen molar-refractivity contribution >= 4 is 35.0 Å². The largest absolute Gasteiger partial charge is 0.454 e. The summed E-state index contributed by atoms with van der Waals surface area (Å²) < 4.78 is 10.9. The van der Waals surface area contributed by atoms with Gasteiger partial charge in [-0.1, -0.05) is 65.7 Å². The standard InChI is InChI=1S/C29H30Cl2N2O4/c1-19(2)32-29(35)25(15-20-6-4-3-5-7-20)33(17-22-8-11-23(30)24(31)14-22)28(34)13-10-21-9-12-26-27(16-21)37-18-36-26/h3-9,11-12,14,16,19,25H,10,13,15,17-18H2,1-2H3,(H,32,35). The highest BCUT2D eigenvalue weighted by Crippen LogP contribution is 2.33. The zero-order chi connectivity index (χ0) is 26.4. The lowest BCUT2D eigenvalue weighted by atomic mass is 10.0. The number of hydrogen-bond donors (Lipinski definition) is 1. The Hall–Kier alpha value is -3.22. The second kappa shape index (κ2) is 12.3. The lowest BCUT2D eigenvalue weighted by molar-refractivity contribution is -0.141. The number of carbonyl (C=O) groups excluding carboxylic acids is 2. The summed E-state index contributed by atoms with van der Waals surface area (Å²) in [5.74, 6) is 1.04. The highest BCUT2D eigenvalue weighted by atomic mass is 35.5. The van der Waals surface area contributed by atoms with Gasteiger partial charge in [-0.2, -0.15) is 0 Å². The number of amides is 2. The Balaban J connectivity index is 1.61. The van der Waals surface area contributed by atoms with E-state index in [1.54, 1.807) is 17.0 Å². The highest BCUT2D eigenvalue weighted by Gasteiger charge is 2.30. The first-order valence-electron chi connectivity index (χ1n) is 12.3. The summed E-state index contributed by atoms with van der Waals surface area (Å²) in [5, 5.41) is 3.83. The van der Waals surface area contributed by atoms with Gasteiger partial charge in [-0.15, -0.1) is 0 Å². The van der Waals surface area contributed by atoms with E-state index in [9.17, 15) is 9.59 Å². The van der Waals surface area contributed by atoms with Gasteiger partial charge in [0.05, 0.1) is 10.0 Å². The van der Waals surface area contributed by atoms with Crippen molar-refractivity contribution in [2.45, 2.75) is 51.7 Å². The summed E-state index contributed by atoms with van der Waals surface area (Å²) in [6, 6.07) is 19.9. The van der Waals surface area contributed by atoms with Crippen molar-refractivity contribution in [3.8, 4) is 11.5 Å². The summed E-state index contributed by atoms with van der Waals surface area (Å²) in [7, 11) is 0. The lowest BCUT2D eigenvalue weighted by Gasteiger charge is -2.32. The second-order valence-electron chi connectivity index (χ2n) is 9.33. The molecule has 0 radical (unpaired) electrons. The van der Waals surface area contributed by atoms with E-state index < -0.39 is 6.04 Å². The van der Waals surface area contributed by atoms with E-state index >= 15 is 0 Å². The molecule has 6 nitrogen and oxygen atoms in total. The molecule has 3 aromatic rings. The molecule has 0 aliphatic carbocycles. The molecule has 8 heteroatoms. The Labute approximate surface area is 227 Å². The number of hydrogen-bond acceptors (Lipinski definition) is 4. The van der Waals surface area contributed by atoms with E-state index in [1.807, 2.05) is 68.4 Å². The maximum Gasteiger partial charge on any atom is 0.243 e. The van der Waals surface area contributed by atoms with E-state index in [0.29, 0.717) is 34.4 Å². The van der Waals surface area contributed by atoms with Gasteiger partial charge in [0.2, 0.25) is 18.6 Å². The fraction of sp³-hybridized carbons (Fsp3) is 0.310. The highest BCUT2D eigenvalue weighted by molar-refractivity contribution is 6.42. The Morgan fingerprint density at radius 3 is 2.35 bits per heavy atom. The van der Waals surface area contributed by atoms with Gasteiger partial charge >= 0.3 is 0 Å². The maximum absolute atomic E-state index is 13.8. The first-order valence-corrected chi connectivity index (χ1v) is 13.0. The molecule has 0 spiro atoms. The normalized spacial score (nSPS) is 12.9. The summed E-state index contributed by atoms with van der Waals surface area (Å²) in [6.45, 7) is 4.23. The first-order chi connectivity index (χ1) is 17.8. The van der Waals surface area contributed by atoms with Gasteiger partial charge in [-0.3, -0.25) is 9.59 Å². The molecule has 1 aliphatic heterocycles. The van der Waals surface area contributed by atoms with Crippen LogP contribution in [-0.4, -0.2) is 35.6 Å². The number of nitrogens with zero attached hydrogens (tertiary/aromatic N) is 1. The minimum Gasteiger partial charge on any atom is -0.454 e. The van der Waals surface area contributed by atoms with Crippen LogP contribution in [0.1, 0.15) is 37.0 Å². The Morgan fingerprint density at radius 2 is 1.62 bits per heavy atom. The SMILES string of the molecule is CC(C)NC(=O)C(Cc1ccccc1)N(Cc1ccc(Cl)c(Cl)c1)C(=O)CCc1ccc2c(c1)OCO2. The van der Waals surface area contributed by atoms with Gasteiger partial charge in [0.15, 0.2) is 11.5 Å². The minimum absolute atomic E-state index is 0.0682. The molecular weight excluding hydrogens is 511 g/mol. The van der Waals surface area contributed by atoms with E-state index in [0.717, 1.165) is 16.7 Å². The van der Waals surface area contributed by atoms with Crippen LogP contribution >= 0.6 is 23.2 Å². The van der Waals surface area contributed by atoms with Crippen molar-refractivity contribution < 1.29 is 19.1 Å². The molecule has 2 amide bonds. The molecule has 0 bridgehead atoms. The van der Waals surface area contributed by atoms with Crippen molar-refractivity contribution in [2.24, 2.45) is 0 Å². The molecule has 3 aromatic carbocycles. The average Bonchev–Trinajstić information content (AvgIpc) is 3.35. The van der Waals surface area contributed by atoms with Crippen molar-refractivity contribution in [3.63, 3.8) is 0 Å². The monoisotopic (exact) mass is 540 g/mol. The second-order valence-corrected chi connectivity index (χ2v) is 10.1. The summed E-state index contributed by atoms with van der Waals surface area (Å²) in [5.41, 5.74) is 2.72. The van der Waals surface area contributed by atoms with Crippen LogP contribution in [0, 0.1) is 0 Å². The molecular formula is C29H30Cl2N2O4.